The lowest BCUT2D eigenvalue weighted by molar-refractivity contribution is -0.142. The maximum atomic E-state index is 12.4. The summed E-state index contributed by atoms with van der Waals surface area (Å²) in [4.78, 5) is 25.5. The highest BCUT2D eigenvalue weighted by atomic mass is 32.1. The van der Waals surface area contributed by atoms with E-state index >= 15 is 0 Å². The number of guanidine groups is 1. The predicted molar refractivity (Wildman–Crippen MR) is 104 cm³/mol. The summed E-state index contributed by atoms with van der Waals surface area (Å²) in [5.41, 5.74) is 1.10. The third kappa shape index (κ3) is 4.94. The second kappa shape index (κ2) is 9.32. The van der Waals surface area contributed by atoms with Gasteiger partial charge >= 0.3 is 0 Å². The summed E-state index contributed by atoms with van der Waals surface area (Å²) < 4.78 is 5.52. The average molecular weight is 380 g/mol. The van der Waals surface area contributed by atoms with Gasteiger partial charge < -0.3 is 19.9 Å². The van der Waals surface area contributed by atoms with Crippen LogP contribution in [0, 0.1) is 6.92 Å². The van der Waals surface area contributed by atoms with Crippen LogP contribution in [0.1, 0.15) is 30.0 Å². The SMILES string of the molecule is CN=C(NCCCc1nc(C)cs1)N1CCN(C(=O)C2CCCO2)CC1. The van der Waals surface area contributed by atoms with E-state index in [1.54, 1.807) is 11.3 Å². The highest BCUT2D eigenvalue weighted by Crippen LogP contribution is 2.16. The molecule has 1 amide bonds. The number of ether oxygens (including phenoxy) is 1. The first-order valence-electron chi connectivity index (χ1n) is 9.44. The first-order chi connectivity index (χ1) is 12.7. The van der Waals surface area contributed by atoms with Crippen molar-refractivity contribution in [2.75, 3.05) is 46.4 Å². The molecule has 1 unspecified atom stereocenters. The van der Waals surface area contributed by atoms with E-state index in [2.05, 4.69) is 25.6 Å². The number of carbonyl (C=O) groups excluding carboxylic acids is 1. The topological polar surface area (TPSA) is 70.1 Å². The molecule has 144 valence electrons. The zero-order valence-corrected chi connectivity index (χ0v) is 16.6. The molecule has 0 bridgehead atoms. The average Bonchev–Trinajstić information content (AvgIpc) is 3.33. The Bertz CT molecular complexity index is 619. The van der Waals surface area contributed by atoms with Crippen molar-refractivity contribution in [1.29, 1.82) is 0 Å². The van der Waals surface area contributed by atoms with Crippen molar-refractivity contribution < 1.29 is 9.53 Å². The summed E-state index contributed by atoms with van der Waals surface area (Å²) >= 11 is 1.73. The van der Waals surface area contributed by atoms with Crippen molar-refractivity contribution in [2.45, 2.75) is 38.7 Å². The highest BCUT2D eigenvalue weighted by Gasteiger charge is 2.30. The number of piperazine rings is 1. The molecule has 0 radical (unpaired) electrons. The quantitative estimate of drug-likeness (QED) is 0.474. The van der Waals surface area contributed by atoms with Crippen LogP contribution in [0.3, 0.4) is 0 Å². The molecule has 3 heterocycles. The molecule has 8 heteroatoms. The molecular weight excluding hydrogens is 350 g/mol. The summed E-state index contributed by atoms with van der Waals surface area (Å²) in [5, 5.41) is 6.73. The second-order valence-corrected chi connectivity index (χ2v) is 7.72. The summed E-state index contributed by atoms with van der Waals surface area (Å²) in [6.45, 7) is 6.71. The van der Waals surface area contributed by atoms with Crippen LogP contribution in [0.2, 0.25) is 0 Å². The minimum absolute atomic E-state index is 0.156. The van der Waals surface area contributed by atoms with E-state index in [0.29, 0.717) is 6.61 Å². The number of carbonyl (C=O) groups is 1. The number of nitrogens with zero attached hydrogens (tertiary/aromatic N) is 4. The smallest absolute Gasteiger partial charge is 0.251 e. The first-order valence-corrected chi connectivity index (χ1v) is 10.3. The Balaban J connectivity index is 1.38. The number of aromatic nitrogens is 1. The molecule has 1 N–H and O–H groups in total. The normalized spacial score (nSPS) is 21.3. The van der Waals surface area contributed by atoms with Crippen LogP contribution in [0.5, 0.6) is 0 Å². The number of hydrogen-bond donors (Lipinski definition) is 1. The van der Waals surface area contributed by atoms with Crippen LogP contribution in [0.4, 0.5) is 0 Å². The number of aryl methyl sites for hydroxylation is 2. The Morgan fingerprint density at radius 3 is 2.77 bits per heavy atom. The summed E-state index contributed by atoms with van der Waals surface area (Å²) in [7, 11) is 1.82. The highest BCUT2D eigenvalue weighted by molar-refractivity contribution is 7.09. The van der Waals surface area contributed by atoms with E-state index < -0.39 is 0 Å². The van der Waals surface area contributed by atoms with Crippen LogP contribution in [0.25, 0.3) is 0 Å². The Labute approximate surface area is 159 Å². The summed E-state index contributed by atoms with van der Waals surface area (Å²) in [6, 6.07) is 0. The third-order valence-corrected chi connectivity index (χ3v) is 5.85. The lowest BCUT2D eigenvalue weighted by Crippen LogP contribution is -2.55. The molecule has 0 aromatic carbocycles. The summed E-state index contributed by atoms with van der Waals surface area (Å²) in [6.07, 6.45) is 3.66. The number of rotatable bonds is 5. The molecule has 1 aromatic rings. The molecule has 26 heavy (non-hydrogen) atoms. The molecule has 3 rings (SSSR count). The Kier molecular flexibility index (Phi) is 6.85. The van der Waals surface area contributed by atoms with E-state index in [1.165, 1.54) is 5.01 Å². The largest absolute Gasteiger partial charge is 0.368 e. The van der Waals surface area contributed by atoms with E-state index in [0.717, 1.165) is 70.1 Å². The standard InChI is InChI=1S/C18H29N5O2S/c1-14-13-26-16(21-14)6-3-7-20-18(19-2)23-10-8-22(9-11-23)17(24)15-5-4-12-25-15/h13,15H,3-12H2,1-2H3,(H,19,20). The fourth-order valence-electron chi connectivity index (χ4n) is 3.40. The fraction of sp³-hybridized carbons (Fsp3) is 0.722. The number of amides is 1. The van der Waals surface area contributed by atoms with E-state index in [9.17, 15) is 4.79 Å². The lowest BCUT2D eigenvalue weighted by atomic mass is 10.2. The van der Waals surface area contributed by atoms with Crippen LogP contribution in [-0.4, -0.2) is 79.1 Å². The van der Waals surface area contributed by atoms with Gasteiger partial charge in [0.05, 0.1) is 5.01 Å². The van der Waals surface area contributed by atoms with Crippen LogP contribution in [-0.2, 0) is 16.0 Å². The van der Waals surface area contributed by atoms with Crippen LogP contribution in [0.15, 0.2) is 10.4 Å². The second-order valence-electron chi connectivity index (χ2n) is 6.77. The van der Waals surface area contributed by atoms with Gasteiger partial charge in [0, 0.05) is 63.9 Å². The monoisotopic (exact) mass is 379 g/mol. The molecule has 2 fully saturated rings. The minimum Gasteiger partial charge on any atom is -0.368 e. The molecule has 2 aliphatic heterocycles. The number of thiazole rings is 1. The maximum absolute atomic E-state index is 12.4. The zero-order valence-electron chi connectivity index (χ0n) is 15.7. The van der Waals surface area contributed by atoms with E-state index in [4.69, 9.17) is 4.74 Å². The first kappa shape index (κ1) is 19.1. The lowest BCUT2D eigenvalue weighted by Gasteiger charge is -2.37. The van der Waals surface area contributed by atoms with Gasteiger partial charge in [0.15, 0.2) is 5.96 Å². The van der Waals surface area contributed by atoms with Gasteiger partial charge in [-0.1, -0.05) is 0 Å². The molecule has 7 nitrogen and oxygen atoms in total. The van der Waals surface area contributed by atoms with Crippen molar-refractivity contribution in [1.82, 2.24) is 20.1 Å². The molecule has 0 saturated carbocycles. The fourth-order valence-corrected chi connectivity index (χ4v) is 4.22. The molecule has 1 aromatic heterocycles. The predicted octanol–water partition coefficient (Wildman–Crippen LogP) is 1.28. The molecular formula is C18H29N5O2S. The van der Waals surface area contributed by atoms with E-state index in [1.807, 2.05) is 18.9 Å². The van der Waals surface area contributed by atoms with Gasteiger partial charge in [-0.25, -0.2) is 4.98 Å². The van der Waals surface area contributed by atoms with Gasteiger partial charge in [-0.2, -0.15) is 0 Å². The van der Waals surface area contributed by atoms with E-state index in [-0.39, 0.29) is 12.0 Å². The number of hydrogen-bond acceptors (Lipinski definition) is 5. The van der Waals surface area contributed by atoms with Crippen LogP contribution < -0.4 is 5.32 Å². The van der Waals surface area contributed by atoms with Gasteiger partial charge in [-0.05, 0) is 26.2 Å². The Morgan fingerprint density at radius 1 is 1.38 bits per heavy atom. The number of aliphatic imine (C=N–C) groups is 1. The molecule has 2 saturated heterocycles. The van der Waals surface area contributed by atoms with Crippen molar-refractivity contribution >= 4 is 23.2 Å². The van der Waals surface area contributed by atoms with Gasteiger partial charge in [0.1, 0.15) is 6.10 Å². The van der Waals surface area contributed by atoms with Crippen molar-refractivity contribution in [3.8, 4) is 0 Å². The van der Waals surface area contributed by atoms with Crippen molar-refractivity contribution in [2.24, 2.45) is 4.99 Å². The van der Waals surface area contributed by atoms with Crippen molar-refractivity contribution in [3.05, 3.63) is 16.1 Å². The Morgan fingerprint density at radius 2 is 2.15 bits per heavy atom. The Hall–Kier alpha value is -1.67. The van der Waals surface area contributed by atoms with Gasteiger partial charge in [-0.3, -0.25) is 9.79 Å². The molecule has 0 spiro atoms. The van der Waals surface area contributed by atoms with Gasteiger partial charge in [0.2, 0.25) is 0 Å². The minimum atomic E-state index is -0.214. The maximum Gasteiger partial charge on any atom is 0.251 e. The van der Waals surface area contributed by atoms with Gasteiger partial charge in [-0.15, -0.1) is 11.3 Å². The molecule has 0 aliphatic carbocycles. The third-order valence-electron chi connectivity index (χ3n) is 4.82. The van der Waals surface area contributed by atoms with Gasteiger partial charge in [0.25, 0.3) is 5.91 Å². The van der Waals surface area contributed by atoms with Crippen molar-refractivity contribution in [3.63, 3.8) is 0 Å². The van der Waals surface area contributed by atoms with Crippen LogP contribution >= 0.6 is 11.3 Å². The molecule has 1 atom stereocenters. The summed E-state index contributed by atoms with van der Waals surface area (Å²) in [5.74, 6) is 1.08. The number of nitrogens with one attached hydrogen (secondary N) is 1. The zero-order chi connectivity index (χ0) is 18.4. The molecule has 2 aliphatic rings.